The lowest BCUT2D eigenvalue weighted by atomic mass is 9.85. The Morgan fingerprint density at radius 3 is 2.81 bits per heavy atom. The first kappa shape index (κ1) is 17.1. The van der Waals surface area contributed by atoms with Gasteiger partial charge in [0.05, 0.1) is 30.2 Å². The molecule has 0 spiro atoms. The van der Waals surface area contributed by atoms with E-state index in [9.17, 15) is 9.59 Å². The number of hydrogen-bond acceptors (Lipinski definition) is 6. The Balaban J connectivity index is 1.73. The summed E-state index contributed by atoms with van der Waals surface area (Å²) >= 11 is 0. The lowest BCUT2D eigenvalue weighted by Crippen LogP contribution is -2.28. The summed E-state index contributed by atoms with van der Waals surface area (Å²) in [7, 11) is 1.53. The molecule has 1 fully saturated rings. The van der Waals surface area contributed by atoms with E-state index in [0.717, 1.165) is 30.2 Å². The monoisotopic (exact) mass is 425 g/mol. The molecule has 1 aliphatic carbocycles. The topological polar surface area (TPSA) is 110 Å². The average molecular weight is 426 g/mol. The Bertz CT molecular complexity index is 1240. The van der Waals surface area contributed by atoms with Crippen molar-refractivity contribution in [1.82, 2.24) is 20.1 Å². The Kier molecular flexibility index (Phi) is 4.76. The van der Waals surface area contributed by atoms with Gasteiger partial charge < -0.3 is 20.7 Å². The van der Waals surface area contributed by atoms with Crippen LogP contribution in [0.4, 0.5) is 17.2 Å². The van der Waals surface area contributed by atoms with Crippen molar-refractivity contribution in [1.29, 1.82) is 0 Å². The van der Waals surface area contributed by atoms with Crippen molar-refractivity contribution >= 4 is 39.9 Å². The van der Waals surface area contributed by atoms with Crippen LogP contribution in [0.2, 0.25) is 0 Å². The predicted molar refractivity (Wildman–Crippen MR) is 119 cm³/mol. The normalized spacial score (nSPS) is 15.4. The van der Waals surface area contributed by atoms with Gasteiger partial charge in [-0.05, 0) is 31.9 Å². The average Bonchev–Trinajstić information content (AvgIpc) is 3.14. The smallest absolute Gasteiger partial charge is 0.254 e. The molecule has 1 saturated carbocycles. The fourth-order valence-corrected chi connectivity index (χ4v) is 3.61. The van der Waals surface area contributed by atoms with Crippen LogP contribution in [0.1, 0.15) is 40.7 Å². The van der Waals surface area contributed by atoms with Crippen molar-refractivity contribution < 1.29 is 18.4 Å². The van der Waals surface area contributed by atoms with E-state index in [2.05, 4.69) is 20.7 Å². The zero-order valence-corrected chi connectivity index (χ0v) is 17.4. The van der Waals surface area contributed by atoms with Gasteiger partial charge in [-0.3, -0.25) is 14.3 Å². The van der Waals surface area contributed by atoms with Crippen LogP contribution in [-0.4, -0.2) is 40.7 Å². The number of carbonyl (C=O) groups excluding carboxylic acids is 2. The molecule has 31 heavy (non-hydrogen) atoms. The third-order valence-corrected chi connectivity index (χ3v) is 5.52. The number of benzene rings is 1. The quantitative estimate of drug-likeness (QED) is 0.536. The standard InChI is InChI=1S/C22H26N6O3/c1-4-28-19-14(11-25-28)8-9-16(20(19)31-3)26-17-10-18(24-12-15(17)22(30)23-2)27-21(29)13-6-5-7-13/h8-13H,4-7H2,1-3H3,(H,23,30)(H2,24,26,27,29)/i2D3. The Morgan fingerprint density at radius 1 is 1.29 bits per heavy atom. The number of fused-ring (bicyclic) bond motifs is 1. The van der Waals surface area contributed by atoms with Gasteiger partial charge in [0.1, 0.15) is 11.3 Å². The summed E-state index contributed by atoms with van der Waals surface area (Å²) in [5.41, 5.74) is 1.58. The van der Waals surface area contributed by atoms with Crippen LogP contribution in [-0.2, 0) is 11.3 Å². The van der Waals surface area contributed by atoms with E-state index in [0.29, 0.717) is 18.0 Å². The fraction of sp³-hybridized carbons (Fsp3) is 0.364. The molecular formula is C22H26N6O3. The van der Waals surface area contributed by atoms with Gasteiger partial charge in [0.15, 0.2) is 5.75 Å². The molecule has 2 aromatic heterocycles. The van der Waals surface area contributed by atoms with Crippen LogP contribution in [0.5, 0.6) is 5.75 Å². The number of aryl methyl sites for hydroxylation is 1. The van der Waals surface area contributed by atoms with Crippen LogP contribution < -0.4 is 20.7 Å². The molecule has 1 aliphatic rings. The number of ether oxygens (including phenoxy) is 1. The highest BCUT2D eigenvalue weighted by Gasteiger charge is 2.26. The second kappa shape index (κ2) is 8.63. The number of amides is 2. The van der Waals surface area contributed by atoms with Crippen molar-refractivity contribution in [3.8, 4) is 5.75 Å². The molecular weight excluding hydrogens is 396 g/mol. The molecule has 2 heterocycles. The molecule has 9 heteroatoms. The van der Waals surface area contributed by atoms with Gasteiger partial charge in [0, 0.05) is 41.2 Å². The molecule has 162 valence electrons. The van der Waals surface area contributed by atoms with E-state index < -0.39 is 12.9 Å². The minimum atomic E-state index is -2.67. The van der Waals surface area contributed by atoms with Gasteiger partial charge in [-0.15, -0.1) is 0 Å². The first-order chi connectivity index (χ1) is 16.2. The van der Waals surface area contributed by atoms with Gasteiger partial charge in [0.25, 0.3) is 5.91 Å². The van der Waals surface area contributed by atoms with Crippen LogP contribution in [0.25, 0.3) is 10.9 Å². The number of pyridine rings is 1. The summed E-state index contributed by atoms with van der Waals surface area (Å²) < 4.78 is 29.6. The number of carbonyl (C=O) groups is 2. The molecule has 0 atom stereocenters. The van der Waals surface area contributed by atoms with Gasteiger partial charge in [-0.1, -0.05) is 6.42 Å². The first-order valence-corrected chi connectivity index (χ1v) is 10.1. The van der Waals surface area contributed by atoms with Crippen LogP contribution in [0, 0.1) is 5.92 Å². The van der Waals surface area contributed by atoms with E-state index in [1.807, 2.05) is 18.3 Å². The molecule has 0 unspecified atom stereocenters. The highest BCUT2D eigenvalue weighted by Crippen LogP contribution is 2.36. The Hall–Kier alpha value is -3.62. The largest absolute Gasteiger partial charge is 0.492 e. The maximum absolute atomic E-state index is 12.7. The van der Waals surface area contributed by atoms with E-state index >= 15 is 0 Å². The minimum Gasteiger partial charge on any atom is -0.492 e. The molecule has 0 aliphatic heterocycles. The van der Waals surface area contributed by atoms with E-state index in [-0.39, 0.29) is 28.9 Å². The van der Waals surface area contributed by atoms with Crippen LogP contribution in [0.15, 0.2) is 30.6 Å². The molecule has 2 amide bonds. The van der Waals surface area contributed by atoms with Crippen LogP contribution in [0.3, 0.4) is 0 Å². The molecule has 0 bridgehead atoms. The number of aromatic nitrogens is 3. The highest BCUT2D eigenvalue weighted by molar-refractivity contribution is 6.02. The van der Waals surface area contributed by atoms with Crippen molar-refractivity contribution in [2.45, 2.75) is 32.7 Å². The number of nitrogens with zero attached hydrogens (tertiary/aromatic N) is 3. The summed E-state index contributed by atoms with van der Waals surface area (Å²) in [6.07, 6.45) is 5.65. The second-order valence-corrected chi connectivity index (χ2v) is 7.36. The zero-order chi connectivity index (χ0) is 24.5. The summed E-state index contributed by atoms with van der Waals surface area (Å²) in [6.45, 7) is -0.0823. The number of anilines is 3. The van der Waals surface area contributed by atoms with Crippen molar-refractivity contribution in [2.24, 2.45) is 5.92 Å². The number of nitrogens with one attached hydrogen (secondary N) is 3. The van der Waals surface area contributed by atoms with Gasteiger partial charge >= 0.3 is 0 Å². The van der Waals surface area contributed by atoms with Gasteiger partial charge in [0.2, 0.25) is 5.91 Å². The van der Waals surface area contributed by atoms with Crippen LogP contribution >= 0.6 is 0 Å². The second-order valence-electron chi connectivity index (χ2n) is 7.36. The first-order valence-electron chi connectivity index (χ1n) is 11.6. The third kappa shape index (κ3) is 3.90. The number of hydrogen-bond donors (Lipinski definition) is 3. The molecule has 0 radical (unpaired) electrons. The van der Waals surface area contributed by atoms with Crippen molar-refractivity contribution in [2.75, 3.05) is 24.7 Å². The predicted octanol–water partition coefficient (Wildman–Crippen LogP) is 3.30. The van der Waals surface area contributed by atoms with E-state index in [1.54, 1.807) is 16.9 Å². The summed E-state index contributed by atoms with van der Waals surface area (Å²) in [6, 6.07) is 5.15. The van der Waals surface area contributed by atoms with Crippen molar-refractivity contribution in [3.05, 3.63) is 36.2 Å². The molecule has 3 aromatic rings. The number of rotatable bonds is 7. The fourth-order valence-electron chi connectivity index (χ4n) is 3.61. The summed E-state index contributed by atoms with van der Waals surface area (Å²) in [5, 5.41) is 13.2. The summed E-state index contributed by atoms with van der Waals surface area (Å²) in [5.74, 6) is -0.242. The van der Waals surface area contributed by atoms with E-state index in [1.165, 1.54) is 19.4 Å². The molecule has 1 aromatic carbocycles. The number of methoxy groups -OCH3 is 1. The lowest BCUT2D eigenvalue weighted by molar-refractivity contribution is -0.122. The Labute approximate surface area is 184 Å². The zero-order valence-electron chi connectivity index (χ0n) is 20.4. The lowest BCUT2D eigenvalue weighted by Gasteiger charge is -2.24. The maximum Gasteiger partial charge on any atom is 0.254 e. The van der Waals surface area contributed by atoms with E-state index in [4.69, 9.17) is 8.85 Å². The molecule has 9 nitrogen and oxygen atoms in total. The molecule has 3 N–H and O–H groups in total. The summed E-state index contributed by atoms with van der Waals surface area (Å²) in [4.78, 5) is 29.3. The minimum absolute atomic E-state index is 0.00363. The highest BCUT2D eigenvalue weighted by atomic mass is 16.5. The van der Waals surface area contributed by atoms with Crippen molar-refractivity contribution in [3.63, 3.8) is 0 Å². The molecule has 0 saturated heterocycles. The third-order valence-electron chi connectivity index (χ3n) is 5.52. The van der Waals surface area contributed by atoms with Gasteiger partial charge in [-0.2, -0.15) is 5.10 Å². The maximum atomic E-state index is 12.7. The van der Waals surface area contributed by atoms with Gasteiger partial charge in [-0.25, -0.2) is 4.98 Å². The molecule has 4 rings (SSSR count). The SMILES string of the molecule is [2H]C([2H])([2H])NC(=O)c1cnc(NC(=O)C2CCC2)cc1Nc1ccc2cnn(CC)c2c1OC. The Morgan fingerprint density at radius 2 is 2.13 bits per heavy atom.